The van der Waals surface area contributed by atoms with Crippen molar-refractivity contribution in [3.05, 3.63) is 54.6 Å². The van der Waals surface area contributed by atoms with Crippen LogP contribution in [0.5, 0.6) is 0 Å². The fourth-order valence-electron chi connectivity index (χ4n) is 1.57. The highest BCUT2D eigenvalue weighted by Crippen LogP contribution is 1.97. The van der Waals surface area contributed by atoms with Gasteiger partial charge in [-0.2, -0.15) is 0 Å². The van der Waals surface area contributed by atoms with E-state index in [4.69, 9.17) is 5.11 Å². The van der Waals surface area contributed by atoms with Crippen LogP contribution in [0.3, 0.4) is 0 Å². The molecule has 0 aliphatic carbocycles. The summed E-state index contributed by atoms with van der Waals surface area (Å²) in [6, 6.07) is 10.3. The van der Waals surface area contributed by atoms with Crippen molar-refractivity contribution in [2.24, 2.45) is 0 Å². The minimum Gasteiger partial charge on any atom is -1.00 e. The quantitative estimate of drug-likeness (QED) is 0.603. The first-order valence-electron chi connectivity index (χ1n) is 5.08. The second-order valence-corrected chi connectivity index (χ2v) is 3.53. The number of hydrogen-bond donors (Lipinski definition) is 1. The Morgan fingerprint density at radius 2 is 1.94 bits per heavy atom. The minimum atomic E-state index is 0. The number of benzene rings is 1. The number of aromatic nitrogens is 2. The van der Waals surface area contributed by atoms with E-state index < -0.39 is 0 Å². The molecule has 3 nitrogen and oxygen atoms in total. The molecular weight excluding hydrogens is 224 g/mol. The molecule has 0 aliphatic heterocycles. The van der Waals surface area contributed by atoms with Gasteiger partial charge in [-0.3, -0.25) is 0 Å². The van der Waals surface area contributed by atoms with Crippen LogP contribution in [0.2, 0.25) is 0 Å². The molecule has 0 saturated carbocycles. The molecule has 1 heterocycles. The van der Waals surface area contributed by atoms with Crippen molar-refractivity contribution in [2.75, 3.05) is 6.61 Å². The molecule has 0 radical (unpaired) electrons. The van der Waals surface area contributed by atoms with E-state index in [0.29, 0.717) is 6.54 Å². The molecule has 1 aromatic carbocycles. The molecule has 0 amide bonds. The number of aliphatic hydroxyl groups excluding tert-OH is 1. The number of aliphatic hydroxyl groups is 1. The third-order valence-corrected chi connectivity index (χ3v) is 2.31. The Bertz CT molecular complexity index is 414. The fourth-order valence-corrected chi connectivity index (χ4v) is 1.57. The molecule has 1 aromatic heterocycles. The van der Waals surface area contributed by atoms with E-state index in [1.54, 1.807) is 0 Å². The Balaban J connectivity index is 0.00000128. The lowest BCUT2D eigenvalue weighted by Gasteiger charge is -1.96. The summed E-state index contributed by atoms with van der Waals surface area (Å²) in [5, 5.41) is 8.79. The summed E-state index contributed by atoms with van der Waals surface area (Å²) in [7, 11) is 0. The van der Waals surface area contributed by atoms with Crippen LogP contribution >= 0.6 is 0 Å². The summed E-state index contributed by atoms with van der Waals surface area (Å²) < 4.78 is 4.08. The summed E-state index contributed by atoms with van der Waals surface area (Å²) in [6.07, 6.45) is 5.99. The zero-order valence-electron chi connectivity index (χ0n) is 8.96. The van der Waals surface area contributed by atoms with Gasteiger partial charge < -0.3 is 17.5 Å². The standard InChI is InChI=1S/C12H15N2O.ClH/c15-9-8-13-6-7-14(11-13)10-12-4-2-1-3-5-12;/h1-7,11,15H,8-10H2;1H/q+1;/p-1. The highest BCUT2D eigenvalue weighted by atomic mass is 35.5. The normalized spacial score (nSPS) is 9.81. The monoisotopic (exact) mass is 238 g/mol. The van der Waals surface area contributed by atoms with E-state index >= 15 is 0 Å². The molecule has 2 rings (SSSR count). The van der Waals surface area contributed by atoms with E-state index in [1.165, 1.54) is 5.56 Å². The van der Waals surface area contributed by atoms with Crippen LogP contribution in [0.25, 0.3) is 0 Å². The SMILES string of the molecule is OCCn1cc[n+](Cc2ccccc2)c1.[Cl-]. The molecule has 1 N–H and O–H groups in total. The van der Waals surface area contributed by atoms with Crippen molar-refractivity contribution in [1.82, 2.24) is 4.57 Å². The van der Waals surface area contributed by atoms with E-state index in [0.717, 1.165) is 6.54 Å². The third-order valence-electron chi connectivity index (χ3n) is 2.31. The number of hydrogen-bond acceptors (Lipinski definition) is 1. The fraction of sp³-hybridized carbons (Fsp3) is 0.250. The van der Waals surface area contributed by atoms with Crippen molar-refractivity contribution in [2.45, 2.75) is 13.1 Å². The van der Waals surface area contributed by atoms with Gasteiger partial charge in [0.05, 0.1) is 6.61 Å². The van der Waals surface area contributed by atoms with Gasteiger partial charge in [-0.25, -0.2) is 9.13 Å². The smallest absolute Gasteiger partial charge is 0.244 e. The lowest BCUT2D eigenvalue weighted by molar-refractivity contribution is -0.687. The van der Waals surface area contributed by atoms with E-state index in [-0.39, 0.29) is 19.0 Å². The number of halogens is 1. The number of nitrogens with zero attached hydrogens (tertiary/aromatic N) is 2. The van der Waals surface area contributed by atoms with Gasteiger partial charge in [0, 0.05) is 0 Å². The molecule has 0 atom stereocenters. The minimum absolute atomic E-state index is 0. The zero-order chi connectivity index (χ0) is 10.5. The van der Waals surface area contributed by atoms with Gasteiger partial charge >= 0.3 is 0 Å². The predicted octanol–water partition coefficient (Wildman–Crippen LogP) is -2.18. The second-order valence-electron chi connectivity index (χ2n) is 3.53. The van der Waals surface area contributed by atoms with Gasteiger partial charge in [-0.15, -0.1) is 0 Å². The largest absolute Gasteiger partial charge is 1.00 e. The molecule has 86 valence electrons. The summed E-state index contributed by atoms with van der Waals surface area (Å²) in [4.78, 5) is 0. The van der Waals surface area contributed by atoms with Gasteiger partial charge in [0.2, 0.25) is 6.33 Å². The van der Waals surface area contributed by atoms with Crippen LogP contribution in [0, 0.1) is 0 Å². The van der Waals surface area contributed by atoms with E-state index in [1.807, 2.05) is 41.5 Å². The van der Waals surface area contributed by atoms with Crippen molar-refractivity contribution in [1.29, 1.82) is 0 Å². The number of rotatable bonds is 4. The summed E-state index contributed by atoms with van der Waals surface area (Å²) in [6.45, 7) is 1.71. The van der Waals surface area contributed by atoms with Crippen LogP contribution in [0.15, 0.2) is 49.1 Å². The summed E-state index contributed by atoms with van der Waals surface area (Å²) in [5.41, 5.74) is 1.28. The van der Waals surface area contributed by atoms with E-state index in [9.17, 15) is 0 Å². The Morgan fingerprint density at radius 1 is 1.19 bits per heavy atom. The van der Waals surface area contributed by atoms with Crippen molar-refractivity contribution >= 4 is 0 Å². The average molecular weight is 239 g/mol. The first kappa shape index (κ1) is 12.7. The average Bonchev–Trinajstić information content (AvgIpc) is 2.68. The molecule has 0 bridgehead atoms. The van der Waals surface area contributed by atoms with Crippen LogP contribution in [-0.2, 0) is 13.1 Å². The Labute approximate surface area is 101 Å². The van der Waals surface area contributed by atoms with Gasteiger partial charge in [0.15, 0.2) is 0 Å². The van der Waals surface area contributed by atoms with Crippen LogP contribution in [-0.4, -0.2) is 16.3 Å². The Kier molecular flexibility index (Phi) is 5.02. The summed E-state index contributed by atoms with van der Waals surface area (Å²) in [5.74, 6) is 0. The second kappa shape index (κ2) is 6.30. The van der Waals surface area contributed by atoms with Crippen molar-refractivity contribution in [3.8, 4) is 0 Å². The maximum atomic E-state index is 8.79. The van der Waals surface area contributed by atoms with Gasteiger partial charge in [0.1, 0.15) is 25.5 Å². The lowest BCUT2D eigenvalue weighted by Crippen LogP contribution is -3.00. The van der Waals surface area contributed by atoms with Gasteiger partial charge in [-0.1, -0.05) is 30.3 Å². The van der Waals surface area contributed by atoms with Crippen LogP contribution < -0.4 is 17.0 Å². The van der Waals surface area contributed by atoms with Crippen LogP contribution in [0.4, 0.5) is 0 Å². The van der Waals surface area contributed by atoms with Gasteiger partial charge in [-0.05, 0) is 5.56 Å². The maximum absolute atomic E-state index is 8.79. The van der Waals surface area contributed by atoms with Crippen molar-refractivity contribution in [3.63, 3.8) is 0 Å². The summed E-state index contributed by atoms with van der Waals surface area (Å²) >= 11 is 0. The highest BCUT2D eigenvalue weighted by Gasteiger charge is 2.03. The topological polar surface area (TPSA) is 29.0 Å². The highest BCUT2D eigenvalue weighted by molar-refractivity contribution is 5.13. The molecule has 0 unspecified atom stereocenters. The zero-order valence-corrected chi connectivity index (χ0v) is 9.72. The Hall–Kier alpha value is -1.32. The molecule has 0 fully saturated rings. The lowest BCUT2D eigenvalue weighted by atomic mass is 10.2. The predicted molar refractivity (Wildman–Crippen MR) is 57.3 cm³/mol. The maximum Gasteiger partial charge on any atom is 0.244 e. The molecule has 16 heavy (non-hydrogen) atoms. The molecule has 4 heteroatoms. The molecule has 2 aromatic rings. The molecule has 0 spiro atoms. The first-order chi connectivity index (χ1) is 7.38. The first-order valence-corrected chi connectivity index (χ1v) is 5.08. The molecular formula is C12H15ClN2O. The number of imidazole rings is 1. The van der Waals surface area contributed by atoms with Crippen molar-refractivity contribution < 1.29 is 22.1 Å². The molecule has 0 aliphatic rings. The van der Waals surface area contributed by atoms with Gasteiger partial charge in [0.25, 0.3) is 0 Å². The van der Waals surface area contributed by atoms with E-state index in [2.05, 4.69) is 16.7 Å². The molecule has 0 saturated heterocycles. The van der Waals surface area contributed by atoms with Crippen LogP contribution in [0.1, 0.15) is 5.56 Å². The third kappa shape index (κ3) is 3.36. The Morgan fingerprint density at radius 3 is 2.62 bits per heavy atom.